The fourth-order valence-electron chi connectivity index (χ4n) is 8.07. The van der Waals surface area contributed by atoms with Crippen molar-refractivity contribution in [2.45, 2.75) is 50.3 Å². The summed E-state index contributed by atoms with van der Waals surface area (Å²) in [5, 5.41) is 0.300. The van der Waals surface area contributed by atoms with Crippen LogP contribution < -0.4 is 11.4 Å². The van der Waals surface area contributed by atoms with Gasteiger partial charge < -0.3 is 30.2 Å². The van der Waals surface area contributed by atoms with Crippen molar-refractivity contribution in [3.05, 3.63) is 63.0 Å². The van der Waals surface area contributed by atoms with Crippen LogP contribution in [0.25, 0.3) is 11.0 Å². The molecule has 5 saturated heterocycles. The number of nitrogens with one attached hydrogen (secondary N) is 1. The van der Waals surface area contributed by atoms with E-state index in [4.69, 9.17) is 28.5 Å². The zero-order valence-electron chi connectivity index (χ0n) is 26.6. The van der Waals surface area contributed by atoms with E-state index in [9.17, 15) is 14.4 Å². The molecule has 3 N–H and O–H groups in total. The van der Waals surface area contributed by atoms with Crippen molar-refractivity contribution < 1.29 is 14.3 Å². The van der Waals surface area contributed by atoms with Gasteiger partial charge >= 0.3 is 11.8 Å². The number of halogens is 1. The summed E-state index contributed by atoms with van der Waals surface area (Å²) in [7, 11) is 0. The number of aromatic amines is 1. The number of hydrogen-bond acceptors (Lipinski definition) is 7. The first kappa shape index (κ1) is 31.6. The second-order valence-electron chi connectivity index (χ2n) is 13.4. The maximum absolute atomic E-state index is 14.1. The number of aromatic nitrogens is 2. The molecule has 5 aliphatic rings. The van der Waals surface area contributed by atoms with Crippen LogP contribution in [0.2, 0.25) is 5.02 Å². The lowest BCUT2D eigenvalue weighted by Crippen LogP contribution is -2.62. The Morgan fingerprint density at radius 1 is 1.00 bits per heavy atom. The molecule has 8 rings (SSSR count). The number of imidazole rings is 1. The van der Waals surface area contributed by atoms with E-state index in [-0.39, 0.29) is 24.1 Å². The first-order chi connectivity index (χ1) is 22.8. The molecule has 0 radical (unpaired) electrons. The van der Waals surface area contributed by atoms with Gasteiger partial charge in [-0.3, -0.25) is 14.3 Å². The van der Waals surface area contributed by atoms with Gasteiger partial charge in [0, 0.05) is 69.9 Å². The summed E-state index contributed by atoms with van der Waals surface area (Å²) < 4.78 is 7.82. The van der Waals surface area contributed by atoms with E-state index >= 15 is 0 Å². The van der Waals surface area contributed by atoms with Gasteiger partial charge in [0.1, 0.15) is 0 Å². The van der Waals surface area contributed by atoms with Crippen LogP contribution in [-0.2, 0) is 16.0 Å². The van der Waals surface area contributed by atoms with Gasteiger partial charge in [-0.25, -0.2) is 9.59 Å². The number of benzene rings is 2. The number of hydrogen-bond donors (Lipinski definition) is 2. The number of piperidine rings is 4. The molecule has 6 heterocycles. The van der Waals surface area contributed by atoms with Crippen LogP contribution in [0.3, 0.4) is 0 Å². The van der Waals surface area contributed by atoms with E-state index in [0.29, 0.717) is 66.9 Å². The topological polar surface area (TPSA) is 120 Å². The number of rotatable bonds is 6. The number of nitrogens with two attached hydrogens (primary N) is 1. The van der Waals surface area contributed by atoms with Crippen molar-refractivity contribution in [2.24, 2.45) is 5.92 Å². The van der Waals surface area contributed by atoms with E-state index in [1.807, 2.05) is 29.2 Å². The number of carbonyl (C=O) groups excluding carboxylic acids is 2. The van der Waals surface area contributed by atoms with Crippen LogP contribution >= 0.6 is 11.6 Å². The number of nitrogen functional groups attached to an aromatic ring is 1. The largest absolute Gasteiger partial charge is 0.436 e. The summed E-state index contributed by atoms with van der Waals surface area (Å²) >= 11 is 6.39. The quantitative estimate of drug-likeness (QED) is 0.308. The molecule has 1 aromatic heterocycles. The molecule has 12 heteroatoms. The zero-order chi connectivity index (χ0) is 32.7. The molecule has 5 fully saturated rings. The number of nitrogens with zero attached hydrogens (tertiary/aromatic N) is 5. The third kappa shape index (κ3) is 6.34. The first-order valence-electron chi connectivity index (χ1n) is 16.7. The predicted octanol–water partition coefficient (Wildman–Crippen LogP) is 3.17. The smallest absolute Gasteiger partial charge is 0.410 e. The maximum atomic E-state index is 14.1. The number of H-pyrrole nitrogens is 1. The molecule has 2 aromatic carbocycles. The third-order valence-electron chi connectivity index (χ3n) is 10.7. The van der Waals surface area contributed by atoms with Crippen molar-refractivity contribution in [3.8, 4) is 12.3 Å². The van der Waals surface area contributed by atoms with Crippen LogP contribution in [0.15, 0.2) is 41.2 Å². The van der Waals surface area contributed by atoms with Crippen LogP contribution in [-0.4, -0.2) is 112 Å². The number of ether oxygens (including phenoxy) is 1. The Labute approximate surface area is 279 Å². The number of amides is 2. The molecule has 3 aromatic rings. The van der Waals surface area contributed by atoms with Crippen molar-refractivity contribution in [1.29, 1.82) is 0 Å². The highest BCUT2D eigenvalue weighted by atomic mass is 35.5. The number of piperazine rings is 1. The van der Waals surface area contributed by atoms with Gasteiger partial charge in [0.25, 0.3) is 5.91 Å². The standard InChI is InChI=1S/C35H42ClN7O4/c1-2-24-19-23(20-27(36)32(24)37)21-31(33(44)41-17-15-40(16-18-41)30-22-39-11-7-25(30)8-12-39)47-35(46)42-13-9-26(10-14-42)43-29-6-4-3-5-28(29)38-34(43)45/h1,3-6,19-20,25-26,30-31H,7-18,21-22,37H2,(H,38,45)/t30?,31-/m1/s1. The van der Waals surface area contributed by atoms with Gasteiger partial charge in [-0.2, -0.15) is 0 Å². The van der Waals surface area contributed by atoms with Crippen molar-refractivity contribution in [1.82, 2.24) is 29.2 Å². The fourth-order valence-corrected chi connectivity index (χ4v) is 8.31. The zero-order valence-corrected chi connectivity index (χ0v) is 27.3. The van der Waals surface area contributed by atoms with Crippen LogP contribution in [0.4, 0.5) is 10.5 Å². The normalized spacial score (nSPS) is 24.3. The molecular weight excluding hydrogens is 618 g/mol. The lowest BCUT2D eigenvalue weighted by molar-refractivity contribution is -0.143. The van der Waals surface area contributed by atoms with E-state index in [2.05, 4.69) is 20.7 Å². The molecule has 0 spiro atoms. The fraction of sp³-hybridized carbons (Fsp3) is 0.514. The Kier molecular flexibility index (Phi) is 8.92. The lowest BCUT2D eigenvalue weighted by atomic mass is 9.83. The Hall–Kier alpha value is -3.98. The van der Waals surface area contributed by atoms with E-state index in [1.54, 1.807) is 21.6 Å². The molecule has 47 heavy (non-hydrogen) atoms. The maximum Gasteiger partial charge on any atom is 0.410 e. The minimum atomic E-state index is -1.05. The Morgan fingerprint density at radius 3 is 2.40 bits per heavy atom. The molecule has 5 aliphatic heterocycles. The Morgan fingerprint density at radius 2 is 1.72 bits per heavy atom. The van der Waals surface area contributed by atoms with Gasteiger partial charge in [0.2, 0.25) is 0 Å². The SMILES string of the molecule is C#Cc1cc(C[C@@H](OC(=O)N2CCC(n3c(=O)[nH]c4ccccc43)CC2)C(=O)N2CCN(C3CN4CCC3CC4)CC2)cc(Cl)c1N. The second kappa shape index (κ2) is 13.3. The number of fused-ring (bicyclic) bond motifs is 4. The van der Waals surface area contributed by atoms with Crippen LogP contribution in [0.1, 0.15) is 42.9 Å². The molecule has 2 amide bonds. The lowest BCUT2D eigenvalue weighted by Gasteiger charge is -2.51. The molecular formula is C35H42ClN7O4. The van der Waals surface area contributed by atoms with Crippen LogP contribution in [0, 0.1) is 18.3 Å². The Balaban J connectivity index is 1.03. The molecule has 248 valence electrons. The summed E-state index contributed by atoms with van der Waals surface area (Å²) in [6.07, 6.45) is 7.89. The highest BCUT2D eigenvalue weighted by Crippen LogP contribution is 2.32. The molecule has 11 nitrogen and oxygen atoms in total. The third-order valence-corrected chi connectivity index (χ3v) is 11.0. The Bertz CT molecular complexity index is 1740. The summed E-state index contributed by atoms with van der Waals surface area (Å²) in [5.74, 6) is 3.07. The monoisotopic (exact) mass is 659 g/mol. The van der Waals surface area contributed by atoms with Gasteiger partial charge in [0.05, 0.1) is 21.7 Å². The van der Waals surface area contributed by atoms with Crippen molar-refractivity contribution in [2.75, 3.05) is 64.6 Å². The van der Waals surface area contributed by atoms with Gasteiger partial charge in [-0.05, 0) is 74.5 Å². The number of para-hydroxylation sites is 2. The molecule has 1 unspecified atom stereocenters. The number of likely N-dealkylation sites (tertiary alicyclic amines) is 1. The van der Waals surface area contributed by atoms with Crippen molar-refractivity contribution >= 4 is 40.3 Å². The number of carbonyl (C=O) groups is 2. The van der Waals surface area contributed by atoms with E-state index < -0.39 is 12.2 Å². The van der Waals surface area contributed by atoms with Gasteiger partial charge in [-0.15, -0.1) is 6.42 Å². The summed E-state index contributed by atoms with van der Waals surface area (Å²) in [6, 6.07) is 11.5. The molecule has 0 aliphatic carbocycles. The minimum absolute atomic E-state index is 0.0493. The van der Waals surface area contributed by atoms with E-state index in [0.717, 1.165) is 36.6 Å². The highest BCUT2D eigenvalue weighted by Gasteiger charge is 2.40. The summed E-state index contributed by atoms with van der Waals surface area (Å²) in [4.78, 5) is 51.9. The van der Waals surface area contributed by atoms with E-state index in [1.165, 1.54) is 25.9 Å². The van der Waals surface area contributed by atoms with Crippen LogP contribution in [0.5, 0.6) is 0 Å². The second-order valence-corrected chi connectivity index (χ2v) is 13.8. The minimum Gasteiger partial charge on any atom is -0.436 e. The van der Waals surface area contributed by atoms with Crippen molar-refractivity contribution in [3.63, 3.8) is 0 Å². The predicted molar refractivity (Wildman–Crippen MR) is 181 cm³/mol. The van der Waals surface area contributed by atoms with Gasteiger partial charge in [0.15, 0.2) is 6.10 Å². The highest BCUT2D eigenvalue weighted by molar-refractivity contribution is 6.33. The average Bonchev–Trinajstić information content (AvgIpc) is 3.45. The number of terminal acetylenes is 1. The first-order valence-corrected chi connectivity index (χ1v) is 17.1. The molecule has 0 saturated carbocycles. The molecule has 2 bridgehead atoms. The summed E-state index contributed by atoms with van der Waals surface area (Å²) in [6.45, 7) is 7.09. The summed E-state index contributed by atoms with van der Waals surface area (Å²) in [5.41, 5.74) is 8.96. The molecule has 2 atom stereocenters. The van der Waals surface area contributed by atoms with Gasteiger partial charge in [-0.1, -0.05) is 29.7 Å². The average molecular weight is 660 g/mol. The number of anilines is 1.